The molecular weight excluding hydrogens is 244 g/mol. The van der Waals surface area contributed by atoms with E-state index < -0.39 is 11.6 Å². The molecule has 6 heteroatoms. The topological polar surface area (TPSA) is 66.7 Å². The van der Waals surface area contributed by atoms with Crippen LogP contribution in [0.3, 0.4) is 0 Å². The zero-order valence-electron chi connectivity index (χ0n) is 9.91. The second kappa shape index (κ2) is 4.09. The molecule has 2 amide bonds. The molecule has 0 fully saturated rings. The van der Waals surface area contributed by atoms with Crippen LogP contribution in [0.5, 0.6) is 0 Å². The highest BCUT2D eigenvalue weighted by atomic mass is 16.2. The van der Waals surface area contributed by atoms with Crippen LogP contribution in [0.4, 0.5) is 10.5 Å². The van der Waals surface area contributed by atoms with Gasteiger partial charge in [0.25, 0.3) is 5.56 Å². The molecule has 0 aromatic carbocycles. The average molecular weight is 254 g/mol. The van der Waals surface area contributed by atoms with Crippen molar-refractivity contribution in [2.24, 2.45) is 0 Å². The number of carbonyl (C=O) groups is 1. The van der Waals surface area contributed by atoms with Gasteiger partial charge in [0.05, 0.1) is 0 Å². The van der Waals surface area contributed by atoms with Gasteiger partial charge in [0.2, 0.25) is 0 Å². The molecule has 94 valence electrons. The maximum atomic E-state index is 12.0. The normalized spacial score (nSPS) is 14.8. The van der Waals surface area contributed by atoms with Gasteiger partial charge in [-0.1, -0.05) is 12.6 Å². The summed E-state index contributed by atoms with van der Waals surface area (Å²) in [6, 6.07) is 4.90. The van der Waals surface area contributed by atoms with Gasteiger partial charge in [0.1, 0.15) is 11.3 Å². The lowest BCUT2D eigenvalue weighted by Crippen LogP contribution is -2.41. The number of allylic oxidation sites excluding steroid dienone is 1. The Morgan fingerprint density at radius 2 is 2.11 bits per heavy atom. The van der Waals surface area contributed by atoms with E-state index in [1.54, 1.807) is 35.0 Å². The quantitative estimate of drug-likeness (QED) is 0.832. The van der Waals surface area contributed by atoms with E-state index in [4.69, 9.17) is 0 Å². The molecule has 0 atom stereocenters. The second-order valence-corrected chi connectivity index (χ2v) is 4.04. The Morgan fingerprint density at radius 3 is 2.89 bits per heavy atom. The molecule has 0 saturated heterocycles. The molecular formula is C13H10N4O2. The summed E-state index contributed by atoms with van der Waals surface area (Å²) in [4.78, 5) is 28.9. The molecule has 0 saturated carbocycles. The SMILES string of the molecule is C=C1C=CN(c2cn3ccccc3nc2=O)C(=O)N1. The molecule has 0 radical (unpaired) electrons. The first kappa shape index (κ1) is 11.2. The zero-order chi connectivity index (χ0) is 13.4. The summed E-state index contributed by atoms with van der Waals surface area (Å²) in [5.74, 6) is 0. The fourth-order valence-corrected chi connectivity index (χ4v) is 1.83. The van der Waals surface area contributed by atoms with Gasteiger partial charge < -0.3 is 9.72 Å². The van der Waals surface area contributed by atoms with Gasteiger partial charge in [0, 0.05) is 24.3 Å². The van der Waals surface area contributed by atoms with Crippen molar-refractivity contribution in [2.75, 3.05) is 4.90 Å². The lowest BCUT2D eigenvalue weighted by molar-refractivity contribution is 0.250. The Kier molecular flexibility index (Phi) is 2.42. The van der Waals surface area contributed by atoms with Crippen LogP contribution in [0.15, 0.2) is 59.9 Å². The van der Waals surface area contributed by atoms with Gasteiger partial charge in [-0.2, -0.15) is 4.98 Å². The fraction of sp³-hybridized carbons (Fsp3) is 0. The Hall–Kier alpha value is -2.89. The highest BCUT2D eigenvalue weighted by Gasteiger charge is 2.20. The molecule has 2 aromatic rings. The number of aromatic nitrogens is 2. The van der Waals surface area contributed by atoms with E-state index >= 15 is 0 Å². The zero-order valence-corrected chi connectivity index (χ0v) is 9.91. The Balaban J connectivity index is 2.17. The van der Waals surface area contributed by atoms with Crippen LogP contribution < -0.4 is 15.8 Å². The molecule has 3 heterocycles. The number of fused-ring (bicyclic) bond motifs is 1. The third-order valence-electron chi connectivity index (χ3n) is 2.73. The minimum absolute atomic E-state index is 0.185. The van der Waals surface area contributed by atoms with Gasteiger partial charge in [-0.05, 0) is 18.2 Å². The second-order valence-electron chi connectivity index (χ2n) is 4.04. The average Bonchev–Trinajstić information content (AvgIpc) is 2.38. The van der Waals surface area contributed by atoms with Crippen molar-refractivity contribution in [3.8, 4) is 0 Å². The molecule has 6 nitrogen and oxygen atoms in total. The summed E-state index contributed by atoms with van der Waals surface area (Å²) < 4.78 is 1.68. The maximum Gasteiger partial charge on any atom is 0.330 e. The van der Waals surface area contributed by atoms with Crippen LogP contribution >= 0.6 is 0 Å². The van der Waals surface area contributed by atoms with Crippen LogP contribution in [-0.2, 0) is 0 Å². The summed E-state index contributed by atoms with van der Waals surface area (Å²) in [6.45, 7) is 3.62. The van der Waals surface area contributed by atoms with Gasteiger partial charge >= 0.3 is 6.03 Å². The summed E-state index contributed by atoms with van der Waals surface area (Å²) in [6.07, 6.45) is 6.44. The number of carbonyl (C=O) groups excluding carboxylic acids is 1. The van der Waals surface area contributed by atoms with E-state index in [9.17, 15) is 9.59 Å². The van der Waals surface area contributed by atoms with Crippen LogP contribution in [0.2, 0.25) is 0 Å². The number of hydrogen-bond donors (Lipinski definition) is 1. The third kappa shape index (κ3) is 1.89. The molecule has 1 aliphatic heterocycles. The minimum atomic E-state index is -0.460. The first-order valence-corrected chi connectivity index (χ1v) is 5.60. The number of amides is 2. The molecule has 0 spiro atoms. The first-order chi connectivity index (χ1) is 9.15. The van der Waals surface area contributed by atoms with E-state index in [0.717, 1.165) is 0 Å². The molecule has 0 bridgehead atoms. The number of rotatable bonds is 1. The van der Waals surface area contributed by atoms with E-state index in [1.807, 2.05) is 6.07 Å². The van der Waals surface area contributed by atoms with E-state index in [1.165, 1.54) is 11.1 Å². The van der Waals surface area contributed by atoms with Crippen molar-refractivity contribution in [1.29, 1.82) is 0 Å². The number of urea groups is 1. The van der Waals surface area contributed by atoms with Gasteiger partial charge in [-0.15, -0.1) is 0 Å². The van der Waals surface area contributed by atoms with Crippen molar-refractivity contribution < 1.29 is 4.79 Å². The monoisotopic (exact) mass is 254 g/mol. The Labute approximate surface area is 108 Å². The highest BCUT2D eigenvalue weighted by Crippen LogP contribution is 2.13. The van der Waals surface area contributed by atoms with Gasteiger partial charge in [0.15, 0.2) is 0 Å². The number of pyridine rings is 1. The molecule has 0 aliphatic carbocycles. The van der Waals surface area contributed by atoms with Crippen LogP contribution in [0, 0.1) is 0 Å². The number of hydrogen-bond acceptors (Lipinski definition) is 3. The third-order valence-corrected chi connectivity index (χ3v) is 2.73. The lowest BCUT2D eigenvalue weighted by atomic mass is 10.3. The standard InChI is InChI=1S/C13H10N4O2/c1-9-5-7-17(13(19)14-9)10-8-16-6-3-2-4-11(16)15-12(10)18/h2-8H,1H2,(H,14,19). The van der Waals surface area contributed by atoms with E-state index in [2.05, 4.69) is 16.9 Å². The Bertz CT molecular complexity index is 776. The minimum Gasteiger partial charge on any atom is -0.308 e. The summed E-state index contributed by atoms with van der Waals surface area (Å²) in [5.41, 5.74) is 0.737. The van der Waals surface area contributed by atoms with Crippen molar-refractivity contribution >= 4 is 17.4 Å². The van der Waals surface area contributed by atoms with Gasteiger partial charge in [-0.3, -0.25) is 9.69 Å². The summed E-state index contributed by atoms with van der Waals surface area (Å²) in [5, 5.41) is 2.53. The lowest BCUT2D eigenvalue weighted by Gasteiger charge is -2.22. The number of nitrogens with one attached hydrogen (secondary N) is 1. The van der Waals surface area contributed by atoms with Crippen LogP contribution in [0.25, 0.3) is 5.65 Å². The predicted octanol–water partition coefficient (Wildman–Crippen LogP) is 1.25. The molecule has 0 unspecified atom stereocenters. The molecule has 3 rings (SSSR count). The molecule has 19 heavy (non-hydrogen) atoms. The highest BCUT2D eigenvalue weighted by molar-refractivity contribution is 5.96. The molecule has 2 aromatic heterocycles. The van der Waals surface area contributed by atoms with E-state index in [0.29, 0.717) is 11.3 Å². The van der Waals surface area contributed by atoms with Crippen molar-refractivity contribution in [3.63, 3.8) is 0 Å². The first-order valence-electron chi connectivity index (χ1n) is 5.60. The fourth-order valence-electron chi connectivity index (χ4n) is 1.83. The summed E-state index contributed by atoms with van der Waals surface area (Å²) >= 11 is 0. The van der Waals surface area contributed by atoms with Crippen LogP contribution in [-0.4, -0.2) is 15.4 Å². The predicted molar refractivity (Wildman–Crippen MR) is 70.8 cm³/mol. The Morgan fingerprint density at radius 1 is 1.26 bits per heavy atom. The largest absolute Gasteiger partial charge is 0.330 e. The molecule has 1 aliphatic rings. The summed E-state index contributed by atoms with van der Waals surface area (Å²) in [7, 11) is 0. The molecule has 1 N–H and O–H groups in total. The van der Waals surface area contributed by atoms with Crippen molar-refractivity contribution in [3.05, 3.63) is 65.5 Å². The number of anilines is 1. The maximum absolute atomic E-state index is 12.0. The van der Waals surface area contributed by atoms with Gasteiger partial charge in [-0.25, -0.2) is 4.79 Å². The smallest absolute Gasteiger partial charge is 0.308 e. The van der Waals surface area contributed by atoms with Crippen molar-refractivity contribution in [1.82, 2.24) is 14.7 Å². The van der Waals surface area contributed by atoms with E-state index in [-0.39, 0.29) is 5.69 Å². The van der Waals surface area contributed by atoms with Crippen LogP contribution in [0.1, 0.15) is 0 Å². The van der Waals surface area contributed by atoms with Crippen molar-refractivity contribution in [2.45, 2.75) is 0 Å². The number of nitrogens with zero attached hydrogens (tertiary/aromatic N) is 3.